The number of hydrogen-bond acceptors (Lipinski definition) is 8. The second-order valence-corrected chi connectivity index (χ2v) is 6.90. The zero-order valence-corrected chi connectivity index (χ0v) is 16.7. The van der Waals surface area contributed by atoms with Crippen LogP contribution < -0.4 is 4.74 Å². The molecule has 2 heterocycles. The molecule has 2 aliphatic rings. The van der Waals surface area contributed by atoms with Gasteiger partial charge in [0, 0.05) is 17.0 Å². The Morgan fingerprint density at radius 1 is 1.38 bits per heavy atom. The summed E-state index contributed by atoms with van der Waals surface area (Å²) in [6, 6.07) is 0. The molecule has 8 heteroatoms. The van der Waals surface area contributed by atoms with E-state index < -0.39 is 5.97 Å². The standard InChI is InChI=1S/C21H23NO7/c1-12-16-10-29-21(25)18(16)19(22-11-23)15(20(12)27-3)5-4-13-6-7-28-9-14(13)8-17(24)26-2/h4,14H,5-10H2,1-3H3/b13-4+. The molecule has 0 aliphatic carbocycles. The monoisotopic (exact) mass is 401 g/mol. The van der Waals surface area contributed by atoms with Gasteiger partial charge in [0.2, 0.25) is 6.08 Å². The van der Waals surface area contributed by atoms with E-state index in [0.29, 0.717) is 42.9 Å². The topological polar surface area (TPSA) is 100 Å². The number of allylic oxidation sites excluding steroid dienone is 1. The molecule has 0 radical (unpaired) electrons. The van der Waals surface area contributed by atoms with E-state index in [-0.39, 0.29) is 36.2 Å². The van der Waals surface area contributed by atoms with Crippen molar-refractivity contribution in [1.82, 2.24) is 0 Å². The smallest absolute Gasteiger partial charge is 0.341 e. The number of fused-ring (bicyclic) bond motifs is 1. The summed E-state index contributed by atoms with van der Waals surface area (Å²) in [5.74, 6) is -0.334. The minimum absolute atomic E-state index is 0.0827. The molecule has 0 saturated carbocycles. The Labute approximate surface area is 168 Å². The molecule has 1 saturated heterocycles. The third-order valence-corrected chi connectivity index (χ3v) is 5.39. The lowest BCUT2D eigenvalue weighted by Gasteiger charge is -2.25. The predicted molar refractivity (Wildman–Crippen MR) is 102 cm³/mol. The Bertz CT molecular complexity index is 912. The van der Waals surface area contributed by atoms with Gasteiger partial charge in [0.1, 0.15) is 12.4 Å². The van der Waals surface area contributed by atoms with E-state index in [0.717, 1.165) is 11.1 Å². The van der Waals surface area contributed by atoms with Crippen molar-refractivity contribution in [3.8, 4) is 5.75 Å². The van der Waals surface area contributed by atoms with Crippen LogP contribution >= 0.6 is 0 Å². The van der Waals surface area contributed by atoms with Crippen molar-refractivity contribution >= 4 is 23.7 Å². The number of isocyanates is 1. The quantitative estimate of drug-likeness (QED) is 0.313. The number of rotatable bonds is 6. The maximum atomic E-state index is 12.2. The van der Waals surface area contributed by atoms with Crippen LogP contribution in [0.1, 0.15) is 39.9 Å². The normalized spacial score (nSPS) is 19.3. The number of cyclic esters (lactones) is 1. The van der Waals surface area contributed by atoms with E-state index in [4.69, 9.17) is 18.9 Å². The van der Waals surface area contributed by atoms with Gasteiger partial charge in [-0.05, 0) is 25.3 Å². The summed E-state index contributed by atoms with van der Waals surface area (Å²) in [4.78, 5) is 38.8. The number of esters is 2. The average Bonchev–Trinajstić information content (AvgIpc) is 3.11. The predicted octanol–water partition coefficient (Wildman–Crippen LogP) is 2.71. The van der Waals surface area contributed by atoms with Crippen molar-refractivity contribution in [3.63, 3.8) is 0 Å². The van der Waals surface area contributed by atoms with Crippen LogP contribution in [0.3, 0.4) is 0 Å². The average molecular weight is 401 g/mol. The van der Waals surface area contributed by atoms with Gasteiger partial charge >= 0.3 is 11.9 Å². The second kappa shape index (κ2) is 9.03. The fraction of sp³-hybridized carbons (Fsp3) is 0.476. The first kappa shape index (κ1) is 20.8. The van der Waals surface area contributed by atoms with Gasteiger partial charge in [0.15, 0.2) is 0 Å². The zero-order chi connectivity index (χ0) is 21.0. The number of ether oxygens (including phenoxy) is 4. The lowest BCUT2D eigenvalue weighted by molar-refractivity contribution is -0.142. The van der Waals surface area contributed by atoms with Crippen molar-refractivity contribution in [2.75, 3.05) is 27.4 Å². The minimum atomic E-state index is -0.511. The molecule has 1 unspecified atom stereocenters. The number of aliphatic imine (C=N–C) groups is 1. The largest absolute Gasteiger partial charge is 0.496 e. The van der Waals surface area contributed by atoms with Gasteiger partial charge in [0.05, 0.1) is 45.1 Å². The molecular weight excluding hydrogens is 378 g/mol. The molecule has 1 fully saturated rings. The summed E-state index contributed by atoms with van der Waals surface area (Å²) in [6.07, 6.45) is 4.81. The van der Waals surface area contributed by atoms with Gasteiger partial charge in [0.25, 0.3) is 0 Å². The highest BCUT2D eigenvalue weighted by atomic mass is 16.5. The van der Waals surface area contributed by atoms with Crippen LogP contribution in [0.4, 0.5) is 5.69 Å². The van der Waals surface area contributed by atoms with Crippen molar-refractivity contribution < 1.29 is 33.3 Å². The summed E-state index contributed by atoms with van der Waals surface area (Å²) >= 11 is 0. The molecule has 8 nitrogen and oxygen atoms in total. The first-order chi connectivity index (χ1) is 14.0. The van der Waals surface area contributed by atoms with Gasteiger partial charge in [-0.25, -0.2) is 9.59 Å². The molecule has 1 atom stereocenters. The van der Waals surface area contributed by atoms with E-state index in [1.54, 1.807) is 0 Å². The molecule has 1 aromatic carbocycles. The lowest BCUT2D eigenvalue weighted by Crippen LogP contribution is -2.23. The van der Waals surface area contributed by atoms with Crippen molar-refractivity contribution in [2.24, 2.45) is 10.9 Å². The maximum absolute atomic E-state index is 12.2. The fourth-order valence-corrected chi connectivity index (χ4v) is 3.90. The molecular formula is C21H23NO7. The first-order valence-corrected chi connectivity index (χ1v) is 9.32. The fourth-order valence-electron chi connectivity index (χ4n) is 3.90. The highest BCUT2D eigenvalue weighted by Crippen LogP contribution is 2.43. The Morgan fingerprint density at radius 2 is 2.17 bits per heavy atom. The SMILES string of the molecule is COC(=O)CC1COCC/C1=C\Cc1c(N=C=O)c2c(c(C)c1OC)COC2=O. The second-order valence-electron chi connectivity index (χ2n) is 6.90. The number of carbonyl (C=O) groups is 2. The number of nitrogens with zero attached hydrogens (tertiary/aromatic N) is 1. The first-order valence-electron chi connectivity index (χ1n) is 9.32. The molecule has 3 rings (SSSR count). The van der Waals surface area contributed by atoms with Gasteiger partial charge in [-0.1, -0.05) is 11.6 Å². The Kier molecular flexibility index (Phi) is 6.46. The van der Waals surface area contributed by atoms with Crippen molar-refractivity contribution in [1.29, 1.82) is 0 Å². The van der Waals surface area contributed by atoms with Crippen LogP contribution in [-0.4, -0.2) is 45.5 Å². The molecule has 2 aliphatic heterocycles. The minimum Gasteiger partial charge on any atom is -0.496 e. The van der Waals surface area contributed by atoms with E-state index in [1.807, 2.05) is 13.0 Å². The highest BCUT2D eigenvalue weighted by Gasteiger charge is 2.32. The third kappa shape index (κ3) is 4.09. The molecule has 29 heavy (non-hydrogen) atoms. The number of hydrogen-bond donors (Lipinski definition) is 0. The Morgan fingerprint density at radius 3 is 2.86 bits per heavy atom. The van der Waals surface area contributed by atoms with E-state index in [1.165, 1.54) is 20.3 Å². The number of carbonyl (C=O) groups excluding carboxylic acids is 3. The van der Waals surface area contributed by atoms with Crippen molar-refractivity contribution in [3.05, 3.63) is 33.9 Å². The van der Waals surface area contributed by atoms with Crippen LogP contribution in [-0.2, 0) is 36.8 Å². The summed E-state index contributed by atoms with van der Waals surface area (Å²) < 4.78 is 21.0. The molecule has 0 N–H and O–H groups in total. The van der Waals surface area contributed by atoms with Crippen molar-refractivity contribution in [2.45, 2.75) is 32.8 Å². The van der Waals surface area contributed by atoms with Gasteiger partial charge in [-0.15, -0.1) is 0 Å². The Hall–Kier alpha value is -2.96. The van der Waals surface area contributed by atoms with Crippen LogP contribution in [0.25, 0.3) is 0 Å². The van der Waals surface area contributed by atoms with E-state index in [2.05, 4.69) is 4.99 Å². The van der Waals surface area contributed by atoms with E-state index in [9.17, 15) is 14.4 Å². The summed E-state index contributed by atoms with van der Waals surface area (Å²) in [5, 5.41) is 0. The van der Waals surface area contributed by atoms with Crippen LogP contribution in [0.5, 0.6) is 5.75 Å². The highest BCUT2D eigenvalue weighted by molar-refractivity contribution is 6.01. The Balaban J connectivity index is 2.04. The van der Waals surface area contributed by atoms with Gasteiger partial charge in [-0.3, -0.25) is 4.79 Å². The summed E-state index contributed by atoms with van der Waals surface area (Å²) in [6.45, 7) is 2.97. The molecule has 0 amide bonds. The molecule has 0 spiro atoms. The molecule has 0 bridgehead atoms. The third-order valence-electron chi connectivity index (χ3n) is 5.39. The molecule has 0 aromatic heterocycles. The maximum Gasteiger partial charge on any atom is 0.341 e. The molecule has 1 aromatic rings. The summed E-state index contributed by atoms with van der Waals surface area (Å²) in [5.41, 5.74) is 3.65. The molecule has 154 valence electrons. The summed E-state index contributed by atoms with van der Waals surface area (Å²) in [7, 11) is 2.89. The number of benzene rings is 1. The zero-order valence-electron chi connectivity index (χ0n) is 16.7. The van der Waals surface area contributed by atoms with Crippen LogP contribution in [0.2, 0.25) is 0 Å². The van der Waals surface area contributed by atoms with Gasteiger partial charge in [-0.2, -0.15) is 4.99 Å². The van der Waals surface area contributed by atoms with Gasteiger partial charge < -0.3 is 18.9 Å². The lowest BCUT2D eigenvalue weighted by atomic mass is 9.89. The van der Waals surface area contributed by atoms with Crippen LogP contribution in [0, 0.1) is 12.8 Å². The van der Waals surface area contributed by atoms with E-state index >= 15 is 0 Å². The number of methoxy groups -OCH3 is 2. The van der Waals surface area contributed by atoms with Crippen LogP contribution in [0.15, 0.2) is 16.6 Å².